The normalized spacial score (nSPS) is 14.0. The predicted molar refractivity (Wildman–Crippen MR) is 282 cm³/mol. The maximum Gasteiger partial charge on any atom is 0.306 e. The molecule has 6 heteroatoms. The third kappa shape index (κ3) is 47.1. The first kappa shape index (κ1) is 61.8. The van der Waals surface area contributed by atoms with Gasteiger partial charge in [0.1, 0.15) is 6.10 Å². The van der Waals surface area contributed by atoms with Gasteiger partial charge in [-0.05, 0) is 77.0 Å². The fourth-order valence-corrected chi connectivity index (χ4v) is 7.76. The summed E-state index contributed by atoms with van der Waals surface area (Å²) in [4.78, 5) is 26.2. The number of carbonyl (C=O) groups excluding carboxylic acids is 2. The zero-order valence-electron chi connectivity index (χ0n) is 42.3. The summed E-state index contributed by atoms with van der Waals surface area (Å²) < 4.78 is 5.91. The standard InChI is InChI=1S/C59H101NO5/c1-4-7-10-13-16-19-22-25-28-29-31-33-36-39-42-45-48-51-57(62)56(54-61)60-58(63)53-55(50-47-44-41-38-35-32-27-24-21-18-15-12-9-6-3)65-59(64)52-49-46-43-40-37-34-30-26-23-20-17-14-11-8-5-2/h8-9,11-12,14,17-18,20-21,23,26-27,30,32,34,37,55-57,61-62H,4-7,10,13,15-16,19,22,24-25,28-29,31,33,35-36,38-54H2,1-3H3,(H,60,63)/b11-8+,12-9+,17-14+,21-18+,23-20-,30-26-,32-27+,37-34+. The van der Waals surface area contributed by atoms with Gasteiger partial charge in [0.25, 0.3) is 0 Å². The Morgan fingerprint density at radius 2 is 0.908 bits per heavy atom. The van der Waals surface area contributed by atoms with Gasteiger partial charge in [0, 0.05) is 6.42 Å². The van der Waals surface area contributed by atoms with Crippen LogP contribution in [0.15, 0.2) is 97.2 Å². The Bertz CT molecular complexity index is 1290. The second kappa shape index (κ2) is 51.8. The number of hydrogen-bond donors (Lipinski definition) is 3. The minimum absolute atomic E-state index is 0.0400. The zero-order valence-corrected chi connectivity index (χ0v) is 42.3. The van der Waals surface area contributed by atoms with Gasteiger partial charge in [-0.25, -0.2) is 0 Å². The van der Waals surface area contributed by atoms with Crippen LogP contribution in [0.2, 0.25) is 0 Å². The SMILES string of the molecule is CC/C=C/C=C/C=C\C=C/C=C/CCCCCC(=O)OC(CCCCCC/C=C/C/C=C/C/C=C/CC)CC(=O)NC(CO)C(O)CCCCCCCCCCCCCCCCCCC. The van der Waals surface area contributed by atoms with E-state index in [1.165, 1.54) is 89.9 Å². The zero-order chi connectivity index (χ0) is 47.4. The molecule has 0 aliphatic rings. The van der Waals surface area contributed by atoms with E-state index in [2.05, 4.69) is 80.8 Å². The first-order chi connectivity index (χ1) is 32.0. The smallest absolute Gasteiger partial charge is 0.306 e. The summed E-state index contributed by atoms with van der Waals surface area (Å²) >= 11 is 0. The van der Waals surface area contributed by atoms with Crippen LogP contribution in [0.3, 0.4) is 0 Å². The molecule has 0 saturated carbocycles. The maximum absolute atomic E-state index is 13.2. The number of esters is 1. The molecule has 1 amide bonds. The summed E-state index contributed by atoms with van der Waals surface area (Å²) in [5.74, 6) is -0.550. The first-order valence-corrected chi connectivity index (χ1v) is 27.0. The minimum atomic E-state index is -0.808. The monoisotopic (exact) mass is 904 g/mol. The van der Waals surface area contributed by atoms with Crippen LogP contribution in [0.5, 0.6) is 0 Å². The van der Waals surface area contributed by atoms with Crippen molar-refractivity contribution in [2.24, 2.45) is 0 Å². The van der Waals surface area contributed by atoms with Crippen LogP contribution in [0.4, 0.5) is 0 Å². The Morgan fingerprint density at radius 3 is 1.45 bits per heavy atom. The number of ether oxygens (including phenoxy) is 1. The van der Waals surface area contributed by atoms with Crippen molar-refractivity contribution in [1.82, 2.24) is 5.32 Å². The van der Waals surface area contributed by atoms with Crippen LogP contribution in [-0.4, -0.2) is 46.9 Å². The molecule has 0 aliphatic carbocycles. The molecule has 0 heterocycles. The number of allylic oxidation sites excluding steroid dienone is 16. The summed E-state index contributed by atoms with van der Waals surface area (Å²) in [5, 5.41) is 23.8. The Morgan fingerprint density at radius 1 is 0.477 bits per heavy atom. The highest BCUT2D eigenvalue weighted by atomic mass is 16.5. The van der Waals surface area contributed by atoms with E-state index in [1.54, 1.807) is 0 Å². The molecule has 0 saturated heterocycles. The summed E-state index contributed by atoms with van der Waals surface area (Å²) in [5.41, 5.74) is 0. The Kier molecular flexibility index (Phi) is 49.2. The Hall–Kier alpha value is -3.22. The lowest BCUT2D eigenvalue weighted by Gasteiger charge is -2.24. The number of rotatable bonds is 47. The summed E-state index contributed by atoms with van der Waals surface area (Å²) in [7, 11) is 0. The highest BCUT2D eigenvalue weighted by Crippen LogP contribution is 2.18. The van der Waals surface area contributed by atoms with E-state index in [1.807, 2.05) is 42.5 Å². The highest BCUT2D eigenvalue weighted by Gasteiger charge is 2.24. The lowest BCUT2D eigenvalue weighted by Crippen LogP contribution is -2.46. The van der Waals surface area contributed by atoms with Crippen LogP contribution >= 0.6 is 0 Å². The molecule has 0 aliphatic heterocycles. The topological polar surface area (TPSA) is 95.9 Å². The quantitative estimate of drug-likeness (QED) is 0.0245. The van der Waals surface area contributed by atoms with Crippen molar-refractivity contribution in [3.63, 3.8) is 0 Å². The number of carbonyl (C=O) groups is 2. The van der Waals surface area contributed by atoms with Gasteiger partial charge >= 0.3 is 5.97 Å². The van der Waals surface area contributed by atoms with E-state index in [4.69, 9.17) is 4.74 Å². The molecule has 65 heavy (non-hydrogen) atoms. The average molecular weight is 904 g/mol. The number of unbranched alkanes of at least 4 members (excludes halogenated alkanes) is 23. The molecule has 3 N–H and O–H groups in total. The number of aliphatic hydroxyl groups excluding tert-OH is 2. The molecular weight excluding hydrogens is 803 g/mol. The van der Waals surface area contributed by atoms with Crippen molar-refractivity contribution in [3.05, 3.63) is 97.2 Å². The van der Waals surface area contributed by atoms with Crippen LogP contribution in [0, 0.1) is 0 Å². The lowest BCUT2D eigenvalue weighted by atomic mass is 10.0. The lowest BCUT2D eigenvalue weighted by molar-refractivity contribution is -0.151. The van der Waals surface area contributed by atoms with E-state index in [-0.39, 0.29) is 24.9 Å². The van der Waals surface area contributed by atoms with Gasteiger partial charge in [0.05, 0.1) is 25.2 Å². The molecule has 0 aromatic carbocycles. The van der Waals surface area contributed by atoms with Gasteiger partial charge < -0.3 is 20.3 Å². The summed E-state index contributed by atoms with van der Waals surface area (Å²) in [6.45, 7) is 6.22. The second-order valence-electron chi connectivity index (χ2n) is 18.0. The minimum Gasteiger partial charge on any atom is -0.462 e. The molecular formula is C59H101NO5. The van der Waals surface area contributed by atoms with Crippen LogP contribution in [0.1, 0.15) is 239 Å². The fourth-order valence-electron chi connectivity index (χ4n) is 7.76. The maximum atomic E-state index is 13.2. The summed E-state index contributed by atoms with van der Waals surface area (Å²) in [6.07, 6.45) is 69.0. The van der Waals surface area contributed by atoms with Gasteiger partial charge in [-0.3, -0.25) is 9.59 Å². The molecule has 6 nitrogen and oxygen atoms in total. The molecule has 0 aromatic rings. The van der Waals surface area contributed by atoms with Crippen LogP contribution in [-0.2, 0) is 14.3 Å². The molecule has 372 valence electrons. The van der Waals surface area contributed by atoms with E-state index in [0.29, 0.717) is 19.3 Å². The van der Waals surface area contributed by atoms with Crippen molar-refractivity contribution in [3.8, 4) is 0 Å². The third-order valence-electron chi connectivity index (χ3n) is 11.8. The highest BCUT2D eigenvalue weighted by molar-refractivity contribution is 5.77. The molecule has 0 fully saturated rings. The number of aliphatic hydroxyl groups is 2. The van der Waals surface area contributed by atoms with Gasteiger partial charge in [-0.15, -0.1) is 0 Å². The number of amides is 1. The molecule has 0 aromatic heterocycles. The van der Waals surface area contributed by atoms with E-state index in [0.717, 1.165) is 103 Å². The van der Waals surface area contributed by atoms with Gasteiger partial charge in [0.2, 0.25) is 5.91 Å². The molecule has 0 rings (SSSR count). The first-order valence-electron chi connectivity index (χ1n) is 27.0. The van der Waals surface area contributed by atoms with Crippen molar-refractivity contribution in [1.29, 1.82) is 0 Å². The second-order valence-corrected chi connectivity index (χ2v) is 18.0. The van der Waals surface area contributed by atoms with Crippen molar-refractivity contribution >= 4 is 11.9 Å². The van der Waals surface area contributed by atoms with Crippen molar-refractivity contribution in [2.45, 2.75) is 257 Å². The molecule has 0 bridgehead atoms. The van der Waals surface area contributed by atoms with Crippen LogP contribution < -0.4 is 5.32 Å². The van der Waals surface area contributed by atoms with E-state index >= 15 is 0 Å². The van der Waals surface area contributed by atoms with Gasteiger partial charge in [-0.2, -0.15) is 0 Å². The fraction of sp³-hybridized carbons (Fsp3) is 0.695. The van der Waals surface area contributed by atoms with Crippen molar-refractivity contribution in [2.75, 3.05) is 6.61 Å². The van der Waals surface area contributed by atoms with Gasteiger partial charge in [0.15, 0.2) is 0 Å². The third-order valence-corrected chi connectivity index (χ3v) is 11.8. The number of hydrogen-bond acceptors (Lipinski definition) is 5. The Balaban J connectivity index is 4.65. The number of nitrogens with one attached hydrogen (secondary N) is 1. The van der Waals surface area contributed by atoms with Crippen molar-refractivity contribution < 1.29 is 24.5 Å². The van der Waals surface area contributed by atoms with E-state index < -0.39 is 18.2 Å². The largest absolute Gasteiger partial charge is 0.462 e. The summed E-state index contributed by atoms with van der Waals surface area (Å²) in [6, 6.07) is -0.725. The predicted octanol–water partition coefficient (Wildman–Crippen LogP) is 16.5. The molecule has 3 unspecified atom stereocenters. The average Bonchev–Trinajstić information content (AvgIpc) is 3.30. The Labute approximate surface area is 401 Å². The molecule has 3 atom stereocenters. The van der Waals surface area contributed by atoms with Crippen LogP contribution in [0.25, 0.3) is 0 Å². The molecule has 0 spiro atoms. The van der Waals surface area contributed by atoms with E-state index in [9.17, 15) is 19.8 Å². The van der Waals surface area contributed by atoms with Gasteiger partial charge in [-0.1, -0.05) is 246 Å². The molecule has 0 radical (unpaired) electrons.